The molecule has 5 nitrogen and oxygen atoms in total. The van der Waals surface area contributed by atoms with E-state index in [1.54, 1.807) is 0 Å². The van der Waals surface area contributed by atoms with Crippen LogP contribution in [0.2, 0.25) is 0 Å². The third kappa shape index (κ3) is 2.67. The smallest absolute Gasteiger partial charge is 0.150 e. The Labute approximate surface area is 136 Å². The highest BCUT2D eigenvalue weighted by Crippen LogP contribution is 2.37. The van der Waals surface area contributed by atoms with Crippen molar-refractivity contribution in [1.82, 2.24) is 9.78 Å². The summed E-state index contributed by atoms with van der Waals surface area (Å²) in [5.74, 6) is 0. The lowest BCUT2D eigenvalue weighted by molar-refractivity contribution is -0.0682. The Morgan fingerprint density at radius 3 is 2.78 bits per heavy atom. The normalized spacial score (nSPS) is 24.9. The molecule has 5 heteroatoms. The lowest BCUT2D eigenvalue weighted by Gasteiger charge is -2.34. The van der Waals surface area contributed by atoms with Crippen LogP contribution in [-0.2, 0) is 15.1 Å². The molecule has 1 aromatic carbocycles. The van der Waals surface area contributed by atoms with Gasteiger partial charge in [0.15, 0.2) is 6.23 Å². The van der Waals surface area contributed by atoms with Crippen LogP contribution in [0, 0.1) is 6.92 Å². The topological polar surface area (TPSA) is 56.5 Å². The number of hydrogen-bond acceptors (Lipinski definition) is 4. The Balaban J connectivity index is 1.78. The summed E-state index contributed by atoms with van der Waals surface area (Å²) in [7, 11) is 0. The summed E-state index contributed by atoms with van der Waals surface area (Å²) in [6.07, 6.45) is 6.50. The van der Waals surface area contributed by atoms with Gasteiger partial charge in [-0.15, -0.1) is 0 Å². The van der Waals surface area contributed by atoms with Crippen LogP contribution in [0.15, 0.2) is 18.3 Å². The SMILES string of the molecule is Cc1cc2cnn(C3CCCCO3)c2cc1C1(O)CCOCC1. The van der Waals surface area contributed by atoms with Gasteiger partial charge in [0.2, 0.25) is 0 Å². The maximum atomic E-state index is 11.1. The van der Waals surface area contributed by atoms with Crippen LogP contribution < -0.4 is 0 Å². The lowest BCUT2D eigenvalue weighted by Crippen LogP contribution is -2.34. The number of hydrogen-bond donors (Lipinski definition) is 1. The van der Waals surface area contributed by atoms with Crippen molar-refractivity contribution >= 4 is 10.9 Å². The van der Waals surface area contributed by atoms with Crippen molar-refractivity contribution < 1.29 is 14.6 Å². The highest BCUT2D eigenvalue weighted by atomic mass is 16.5. The van der Waals surface area contributed by atoms with E-state index in [9.17, 15) is 5.11 Å². The summed E-state index contributed by atoms with van der Waals surface area (Å²) in [4.78, 5) is 0. The summed E-state index contributed by atoms with van der Waals surface area (Å²) in [6, 6.07) is 4.24. The number of aryl methyl sites for hydroxylation is 1. The van der Waals surface area contributed by atoms with Crippen molar-refractivity contribution in [3.63, 3.8) is 0 Å². The van der Waals surface area contributed by atoms with Gasteiger partial charge in [-0.1, -0.05) is 0 Å². The van der Waals surface area contributed by atoms with Gasteiger partial charge in [0.1, 0.15) is 0 Å². The maximum absolute atomic E-state index is 11.1. The van der Waals surface area contributed by atoms with Gasteiger partial charge in [0.25, 0.3) is 0 Å². The van der Waals surface area contributed by atoms with E-state index in [0.29, 0.717) is 26.1 Å². The molecule has 3 heterocycles. The van der Waals surface area contributed by atoms with Crippen LogP contribution in [0.3, 0.4) is 0 Å². The third-order valence-corrected chi connectivity index (χ3v) is 5.19. The van der Waals surface area contributed by atoms with Crippen molar-refractivity contribution in [2.45, 2.75) is 50.9 Å². The summed E-state index contributed by atoms with van der Waals surface area (Å²) in [5.41, 5.74) is 2.38. The minimum absolute atomic E-state index is 0.0149. The van der Waals surface area contributed by atoms with Crippen LogP contribution >= 0.6 is 0 Å². The number of fused-ring (bicyclic) bond motifs is 1. The Morgan fingerprint density at radius 1 is 1.22 bits per heavy atom. The molecule has 0 aliphatic carbocycles. The van der Waals surface area contributed by atoms with Crippen LogP contribution in [0.4, 0.5) is 0 Å². The number of ether oxygens (including phenoxy) is 2. The maximum Gasteiger partial charge on any atom is 0.150 e. The first-order valence-electron chi connectivity index (χ1n) is 8.57. The standard InChI is InChI=1S/C18H24N2O3/c1-13-10-14-12-19-20(17-4-2-3-7-23-17)16(14)11-15(13)18(21)5-8-22-9-6-18/h10-12,17,21H,2-9H2,1H3. The molecule has 0 spiro atoms. The summed E-state index contributed by atoms with van der Waals surface area (Å²) in [6.45, 7) is 4.08. The van der Waals surface area contributed by atoms with Gasteiger partial charge in [-0.3, -0.25) is 0 Å². The fourth-order valence-corrected chi connectivity index (χ4v) is 3.83. The Morgan fingerprint density at radius 2 is 2.04 bits per heavy atom. The van der Waals surface area contributed by atoms with E-state index in [2.05, 4.69) is 24.2 Å². The minimum Gasteiger partial charge on any atom is -0.385 e. The van der Waals surface area contributed by atoms with Gasteiger partial charge in [-0.05, 0) is 49.4 Å². The van der Waals surface area contributed by atoms with Crippen molar-refractivity contribution in [1.29, 1.82) is 0 Å². The van der Waals surface area contributed by atoms with Crippen LogP contribution in [0.5, 0.6) is 0 Å². The van der Waals surface area contributed by atoms with Crippen LogP contribution in [0.25, 0.3) is 10.9 Å². The van der Waals surface area contributed by atoms with E-state index in [0.717, 1.165) is 41.5 Å². The second kappa shape index (κ2) is 5.89. The first-order valence-corrected chi connectivity index (χ1v) is 8.57. The van der Waals surface area contributed by atoms with Crippen LogP contribution in [-0.4, -0.2) is 34.7 Å². The fraction of sp³-hybridized carbons (Fsp3) is 0.611. The van der Waals surface area contributed by atoms with Gasteiger partial charge >= 0.3 is 0 Å². The molecule has 0 bridgehead atoms. The molecule has 23 heavy (non-hydrogen) atoms. The molecule has 2 aromatic rings. The molecule has 2 saturated heterocycles. The second-order valence-electron chi connectivity index (χ2n) is 6.78. The lowest BCUT2D eigenvalue weighted by atomic mass is 9.83. The zero-order valence-corrected chi connectivity index (χ0v) is 13.6. The summed E-state index contributed by atoms with van der Waals surface area (Å²) >= 11 is 0. The van der Waals surface area contributed by atoms with Gasteiger partial charge in [0.05, 0.1) is 17.3 Å². The third-order valence-electron chi connectivity index (χ3n) is 5.19. The molecule has 2 fully saturated rings. The summed E-state index contributed by atoms with van der Waals surface area (Å²) in [5, 5.41) is 16.7. The molecule has 0 saturated carbocycles. The number of aliphatic hydroxyl groups is 1. The molecule has 1 unspecified atom stereocenters. The van der Waals surface area contributed by atoms with E-state index in [1.165, 1.54) is 6.42 Å². The second-order valence-corrected chi connectivity index (χ2v) is 6.78. The zero-order valence-electron chi connectivity index (χ0n) is 13.6. The number of rotatable bonds is 2. The predicted molar refractivity (Wildman–Crippen MR) is 87.3 cm³/mol. The minimum atomic E-state index is -0.793. The predicted octanol–water partition coefficient (Wildman–Crippen LogP) is 3.04. The van der Waals surface area contributed by atoms with Gasteiger partial charge in [-0.2, -0.15) is 5.10 Å². The fourth-order valence-electron chi connectivity index (χ4n) is 3.83. The van der Waals surface area contributed by atoms with E-state index < -0.39 is 5.60 Å². The number of aromatic nitrogens is 2. The average molecular weight is 316 g/mol. The molecular weight excluding hydrogens is 292 g/mol. The van der Waals surface area contributed by atoms with E-state index in [-0.39, 0.29) is 6.23 Å². The largest absolute Gasteiger partial charge is 0.385 e. The molecule has 0 amide bonds. The molecule has 0 radical (unpaired) electrons. The summed E-state index contributed by atoms with van der Waals surface area (Å²) < 4.78 is 13.3. The molecule has 1 atom stereocenters. The van der Waals surface area contributed by atoms with E-state index >= 15 is 0 Å². The monoisotopic (exact) mass is 316 g/mol. The van der Waals surface area contributed by atoms with Crippen LogP contribution in [0.1, 0.15) is 49.5 Å². The van der Waals surface area contributed by atoms with Gasteiger partial charge in [0, 0.05) is 38.0 Å². The molecule has 2 aliphatic heterocycles. The number of nitrogens with zero attached hydrogens (tertiary/aromatic N) is 2. The highest BCUT2D eigenvalue weighted by molar-refractivity contribution is 5.81. The molecular formula is C18H24N2O3. The molecule has 124 valence electrons. The van der Waals surface area contributed by atoms with Crippen molar-refractivity contribution in [2.75, 3.05) is 19.8 Å². The molecule has 2 aliphatic rings. The Bertz CT molecular complexity index is 698. The van der Waals surface area contributed by atoms with Gasteiger partial charge in [-0.25, -0.2) is 4.68 Å². The Kier molecular flexibility index (Phi) is 3.87. The zero-order chi connectivity index (χ0) is 15.9. The molecule has 1 aromatic heterocycles. The van der Waals surface area contributed by atoms with Crippen molar-refractivity contribution in [3.05, 3.63) is 29.5 Å². The van der Waals surface area contributed by atoms with E-state index in [1.807, 2.05) is 10.9 Å². The molecule has 4 rings (SSSR count). The average Bonchev–Trinajstić information content (AvgIpc) is 2.98. The first-order chi connectivity index (χ1) is 11.2. The first kappa shape index (κ1) is 15.1. The van der Waals surface area contributed by atoms with Crippen molar-refractivity contribution in [3.8, 4) is 0 Å². The van der Waals surface area contributed by atoms with Crippen molar-refractivity contribution in [2.24, 2.45) is 0 Å². The highest BCUT2D eigenvalue weighted by Gasteiger charge is 2.33. The molecule has 1 N–H and O–H groups in total. The van der Waals surface area contributed by atoms with Gasteiger partial charge < -0.3 is 14.6 Å². The van der Waals surface area contributed by atoms with E-state index in [4.69, 9.17) is 9.47 Å². The Hall–Kier alpha value is -1.43. The number of benzene rings is 1. The quantitative estimate of drug-likeness (QED) is 0.925.